The lowest BCUT2D eigenvalue weighted by atomic mass is 10.1. The molecule has 0 bridgehead atoms. The average molecular weight is 283 g/mol. The molecule has 0 amide bonds. The van der Waals surface area contributed by atoms with Gasteiger partial charge in [-0.25, -0.2) is 0 Å². The Labute approximate surface area is 122 Å². The van der Waals surface area contributed by atoms with Crippen molar-refractivity contribution in [2.75, 3.05) is 6.61 Å². The molecule has 1 aliphatic heterocycles. The van der Waals surface area contributed by atoms with Crippen LogP contribution in [0.3, 0.4) is 0 Å². The van der Waals surface area contributed by atoms with Crippen molar-refractivity contribution in [3.8, 4) is 5.75 Å². The second kappa shape index (κ2) is 5.79. The van der Waals surface area contributed by atoms with Gasteiger partial charge in [0.15, 0.2) is 0 Å². The predicted molar refractivity (Wildman–Crippen MR) is 82.2 cm³/mol. The zero-order valence-corrected chi connectivity index (χ0v) is 11.6. The van der Waals surface area contributed by atoms with Crippen molar-refractivity contribution in [1.82, 2.24) is 10.4 Å². The Morgan fingerprint density at radius 2 is 2.05 bits per heavy atom. The zero-order chi connectivity index (χ0) is 13.8. The van der Waals surface area contributed by atoms with E-state index in [-0.39, 0.29) is 0 Å². The van der Waals surface area contributed by atoms with Crippen LogP contribution < -0.4 is 10.2 Å². The molecule has 0 saturated heterocycles. The number of hydrazone groups is 1. The molecule has 4 nitrogen and oxygen atoms in total. The maximum absolute atomic E-state index is 5.54. The molecular formula is C15H13N3OS. The molecule has 1 aliphatic rings. The molecule has 0 aliphatic carbocycles. The number of thiocarbonyl (C=S) groups is 1. The van der Waals surface area contributed by atoms with Gasteiger partial charge in [-0.3, -0.25) is 10.4 Å². The Hall–Kier alpha value is -2.27. The maximum atomic E-state index is 5.54. The highest BCUT2D eigenvalue weighted by atomic mass is 32.1. The van der Waals surface area contributed by atoms with Crippen molar-refractivity contribution in [2.24, 2.45) is 5.10 Å². The minimum absolute atomic E-state index is 0.599. The first-order valence-corrected chi connectivity index (χ1v) is 6.75. The van der Waals surface area contributed by atoms with Crippen molar-refractivity contribution in [3.63, 3.8) is 0 Å². The summed E-state index contributed by atoms with van der Waals surface area (Å²) in [5, 5.41) is 4.38. The fourth-order valence-electron chi connectivity index (χ4n) is 1.98. The van der Waals surface area contributed by atoms with Crippen LogP contribution in [0.2, 0.25) is 0 Å². The predicted octanol–water partition coefficient (Wildman–Crippen LogP) is 2.53. The van der Waals surface area contributed by atoms with Gasteiger partial charge in [-0.15, -0.1) is 0 Å². The van der Waals surface area contributed by atoms with Crippen LogP contribution in [-0.4, -0.2) is 22.3 Å². The molecule has 0 saturated carbocycles. The highest BCUT2D eigenvalue weighted by Crippen LogP contribution is 2.21. The van der Waals surface area contributed by atoms with E-state index in [1.54, 1.807) is 6.20 Å². The van der Waals surface area contributed by atoms with Crippen LogP contribution in [0.15, 0.2) is 53.8 Å². The molecule has 0 spiro atoms. The van der Waals surface area contributed by atoms with Crippen LogP contribution in [0, 0.1) is 0 Å². The van der Waals surface area contributed by atoms with Crippen LogP contribution in [0.25, 0.3) is 0 Å². The summed E-state index contributed by atoms with van der Waals surface area (Å²) in [5.74, 6) is 0.768. The van der Waals surface area contributed by atoms with Gasteiger partial charge in [0.05, 0.1) is 12.3 Å². The number of ether oxygens (including phenoxy) is 1. The van der Waals surface area contributed by atoms with Gasteiger partial charge in [-0.2, -0.15) is 5.10 Å². The van der Waals surface area contributed by atoms with Crippen molar-refractivity contribution >= 4 is 22.9 Å². The molecule has 0 atom stereocenters. The molecule has 100 valence electrons. The van der Waals surface area contributed by atoms with E-state index < -0.39 is 0 Å². The smallest absolute Gasteiger partial charge is 0.146 e. The van der Waals surface area contributed by atoms with Crippen LogP contribution in [0.5, 0.6) is 5.75 Å². The number of pyridine rings is 1. The fraction of sp³-hybridized carbons (Fsp3) is 0.133. The summed E-state index contributed by atoms with van der Waals surface area (Å²) in [7, 11) is 0. The van der Waals surface area contributed by atoms with Crippen LogP contribution in [0.1, 0.15) is 17.7 Å². The second-order valence-corrected chi connectivity index (χ2v) is 4.72. The van der Waals surface area contributed by atoms with Crippen LogP contribution in [-0.2, 0) is 0 Å². The van der Waals surface area contributed by atoms with Crippen molar-refractivity contribution in [1.29, 1.82) is 0 Å². The molecule has 1 N–H and O–H groups in total. The Kier molecular flexibility index (Phi) is 3.69. The molecule has 5 heteroatoms. The second-order valence-electron chi connectivity index (χ2n) is 4.31. The Bertz CT molecular complexity index is 655. The number of nitrogens with zero attached hydrogens (tertiary/aromatic N) is 2. The Morgan fingerprint density at radius 3 is 2.90 bits per heavy atom. The van der Waals surface area contributed by atoms with Gasteiger partial charge in [0.2, 0.25) is 0 Å². The third-order valence-corrected chi connectivity index (χ3v) is 3.30. The molecule has 2 heterocycles. The molecule has 1 aromatic carbocycles. The number of nitrogens with one attached hydrogen (secondary N) is 1. The molecular weight excluding hydrogens is 270 g/mol. The van der Waals surface area contributed by atoms with E-state index in [1.165, 1.54) is 0 Å². The molecule has 3 rings (SSSR count). The van der Waals surface area contributed by atoms with E-state index in [9.17, 15) is 0 Å². The molecule has 0 fully saturated rings. The van der Waals surface area contributed by atoms with Gasteiger partial charge in [-0.05, 0) is 12.1 Å². The van der Waals surface area contributed by atoms with Gasteiger partial charge in [-0.1, -0.05) is 42.5 Å². The summed E-state index contributed by atoms with van der Waals surface area (Å²) >= 11 is 5.32. The largest absolute Gasteiger partial charge is 0.491 e. The lowest BCUT2D eigenvalue weighted by Crippen LogP contribution is -2.23. The summed E-state index contributed by atoms with van der Waals surface area (Å²) in [6.07, 6.45) is 2.45. The number of fused-ring (bicyclic) bond motifs is 1. The lowest BCUT2D eigenvalue weighted by molar-refractivity contribution is 0.318. The first-order valence-electron chi connectivity index (χ1n) is 6.35. The van der Waals surface area contributed by atoms with E-state index in [1.807, 2.05) is 42.5 Å². The van der Waals surface area contributed by atoms with Crippen molar-refractivity contribution in [2.45, 2.75) is 6.42 Å². The summed E-state index contributed by atoms with van der Waals surface area (Å²) in [6, 6.07) is 13.5. The monoisotopic (exact) mass is 283 g/mol. The summed E-state index contributed by atoms with van der Waals surface area (Å²) in [5.41, 5.74) is 5.52. The standard InChI is InChI=1S/C15H13N3OS/c20-15(11-5-2-1-3-6-11)18-17-12-8-10-19-13-7-4-9-16-14(12)13/h1-7,9H,8,10H2,(H,18,20). The van der Waals surface area contributed by atoms with Gasteiger partial charge in [0.25, 0.3) is 0 Å². The van der Waals surface area contributed by atoms with Gasteiger partial charge < -0.3 is 4.74 Å². The maximum Gasteiger partial charge on any atom is 0.146 e. The lowest BCUT2D eigenvalue weighted by Gasteiger charge is -2.17. The molecule has 0 radical (unpaired) electrons. The Balaban J connectivity index is 1.79. The van der Waals surface area contributed by atoms with E-state index in [4.69, 9.17) is 17.0 Å². The van der Waals surface area contributed by atoms with Crippen molar-refractivity contribution < 1.29 is 4.74 Å². The molecule has 0 unspecified atom stereocenters. The van der Waals surface area contributed by atoms with E-state index in [0.717, 1.165) is 22.7 Å². The SMILES string of the molecule is S=C(NN=C1CCOc2cccnc21)c1ccccc1. The topological polar surface area (TPSA) is 46.5 Å². The third-order valence-electron chi connectivity index (χ3n) is 2.97. The number of benzene rings is 1. The normalized spacial score (nSPS) is 15.3. The minimum atomic E-state index is 0.599. The Morgan fingerprint density at radius 1 is 1.20 bits per heavy atom. The van der Waals surface area contributed by atoms with Crippen LogP contribution >= 0.6 is 12.2 Å². The highest BCUT2D eigenvalue weighted by molar-refractivity contribution is 7.80. The summed E-state index contributed by atoms with van der Waals surface area (Å²) in [4.78, 5) is 4.91. The zero-order valence-electron chi connectivity index (χ0n) is 10.7. The number of rotatable bonds is 2. The highest BCUT2D eigenvalue weighted by Gasteiger charge is 2.17. The van der Waals surface area contributed by atoms with E-state index >= 15 is 0 Å². The van der Waals surface area contributed by atoms with E-state index in [0.29, 0.717) is 18.0 Å². The van der Waals surface area contributed by atoms with Crippen LogP contribution in [0.4, 0.5) is 0 Å². The first-order chi connectivity index (χ1) is 9.84. The average Bonchev–Trinajstić information content (AvgIpc) is 2.53. The number of hydrogen-bond acceptors (Lipinski definition) is 4. The van der Waals surface area contributed by atoms with E-state index in [2.05, 4.69) is 15.5 Å². The van der Waals surface area contributed by atoms with Crippen molar-refractivity contribution in [3.05, 3.63) is 59.9 Å². The molecule has 2 aromatic rings. The quantitative estimate of drug-likeness (QED) is 0.679. The number of aromatic nitrogens is 1. The van der Waals surface area contributed by atoms with Gasteiger partial charge >= 0.3 is 0 Å². The molecule has 1 aromatic heterocycles. The first kappa shape index (κ1) is 12.7. The number of hydrogen-bond donors (Lipinski definition) is 1. The minimum Gasteiger partial charge on any atom is -0.491 e. The fourth-order valence-corrected chi connectivity index (χ4v) is 2.16. The third kappa shape index (κ3) is 2.67. The molecule has 20 heavy (non-hydrogen) atoms. The summed E-state index contributed by atoms with van der Waals surface area (Å²) in [6.45, 7) is 0.608. The van der Waals surface area contributed by atoms with Gasteiger partial charge in [0.1, 0.15) is 16.4 Å². The van der Waals surface area contributed by atoms with Gasteiger partial charge in [0, 0.05) is 18.2 Å². The summed E-state index contributed by atoms with van der Waals surface area (Å²) < 4.78 is 5.54.